The van der Waals surface area contributed by atoms with Gasteiger partial charge in [-0.15, -0.1) is 0 Å². The summed E-state index contributed by atoms with van der Waals surface area (Å²) in [7, 11) is 3.20. The van der Waals surface area contributed by atoms with Gasteiger partial charge in [0, 0.05) is 24.4 Å². The molecule has 200 valence electrons. The lowest BCUT2D eigenvalue weighted by molar-refractivity contribution is -0.147. The van der Waals surface area contributed by atoms with Crippen LogP contribution >= 0.6 is 23.2 Å². The van der Waals surface area contributed by atoms with Gasteiger partial charge in [0.2, 0.25) is 0 Å². The van der Waals surface area contributed by atoms with Gasteiger partial charge in [0.15, 0.2) is 0 Å². The lowest BCUT2D eigenvalue weighted by Crippen LogP contribution is -2.43. The van der Waals surface area contributed by atoms with Crippen LogP contribution in [0, 0.1) is 0 Å². The van der Waals surface area contributed by atoms with Gasteiger partial charge in [-0.25, -0.2) is 4.79 Å². The highest BCUT2D eigenvalue weighted by atomic mass is 35.5. The number of benzene rings is 3. The Kier molecular flexibility index (Phi) is 9.41. The second kappa shape index (κ2) is 13.1. The van der Waals surface area contributed by atoms with E-state index in [1.54, 1.807) is 56.9 Å². The van der Waals surface area contributed by atoms with Crippen LogP contribution in [0.15, 0.2) is 85.2 Å². The number of carbonyl (C=O) groups is 2. The number of carbonyl (C=O) groups excluding carboxylic acids is 2. The summed E-state index contributed by atoms with van der Waals surface area (Å²) < 4.78 is 16.6. The van der Waals surface area contributed by atoms with Crippen molar-refractivity contribution in [2.24, 2.45) is 0 Å². The third-order valence-electron chi connectivity index (χ3n) is 5.99. The third-order valence-corrected chi connectivity index (χ3v) is 6.62. The predicted molar refractivity (Wildman–Crippen MR) is 150 cm³/mol. The second-order valence-corrected chi connectivity index (χ2v) is 9.34. The molecule has 0 fully saturated rings. The van der Waals surface area contributed by atoms with E-state index in [-0.39, 0.29) is 28.6 Å². The van der Waals surface area contributed by atoms with E-state index >= 15 is 0 Å². The molecule has 7 nitrogen and oxygen atoms in total. The standard InChI is InChI=1S/C30H26Cl2N2O5/c1-37-25-9-4-10-26(38-2)27(25)21-13-11-19(12-14-21)16-24(30(36)39-18-20-6-5-15-33-17-20)34-29(35)28-22(31)7-3-8-23(28)32/h3-15,17,24H,16,18H2,1-2H3,(H,34,35)/t24-/m0/s1. The summed E-state index contributed by atoms with van der Waals surface area (Å²) in [4.78, 5) is 30.3. The van der Waals surface area contributed by atoms with Gasteiger partial charge in [0.05, 0.1) is 35.4 Å². The Balaban J connectivity index is 1.58. The number of hydrogen-bond donors (Lipinski definition) is 1. The summed E-state index contributed by atoms with van der Waals surface area (Å²) in [6.07, 6.45) is 3.41. The highest BCUT2D eigenvalue weighted by Crippen LogP contribution is 2.38. The normalized spacial score (nSPS) is 11.4. The summed E-state index contributed by atoms with van der Waals surface area (Å²) >= 11 is 12.4. The van der Waals surface area contributed by atoms with E-state index in [0.29, 0.717) is 11.5 Å². The molecule has 1 heterocycles. The lowest BCUT2D eigenvalue weighted by atomic mass is 9.99. The molecule has 4 rings (SSSR count). The van der Waals surface area contributed by atoms with Crippen LogP contribution in [0.25, 0.3) is 11.1 Å². The van der Waals surface area contributed by atoms with Gasteiger partial charge in [0.1, 0.15) is 24.1 Å². The van der Waals surface area contributed by atoms with Gasteiger partial charge in [-0.05, 0) is 41.5 Å². The minimum absolute atomic E-state index is 0.0123. The van der Waals surface area contributed by atoms with Crippen molar-refractivity contribution in [1.29, 1.82) is 0 Å². The van der Waals surface area contributed by atoms with E-state index in [0.717, 1.165) is 22.3 Å². The van der Waals surface area contributed by atoms with Gasteiger partial charge in [-0.2, -0.15) is 0 Å². The second-order valence-electron chi connectivity index (χ2n) is 8.53. The number of pyridine rings is 1. The van der Waals surface area contributed by atoms with E-state index in [4.69, 9.17) is 37.4 Å². The van der Waals surface area contributed by atoms with Crippen LogP contribution in [0.5, 0.6) is 11.5 Å². The zero-order chi connectivity index (χ0) is 27.8. The quantitative estimate of drug-likeness (QED) is 0.232. The van der Waals surface area contributed by atoms with Crippen molar-refractivity contribution >= 4 is 35.1 Å². The number of esters is 1. The molecule has 1 amide bonds. The number of rotatable bonds is 10. The fourth-order valence-corrected chi connectivity index (χ4v) is 4.63. The number of nitrogens with zero attached hydrogens (tertiary/aromatic N) is 1. The van der Waals surface area contributed by atoms with Gasteiger partial charge in [0.25, 0.3) is 5.91 Å². The number of halogens is 2. The number of hydrogen-bond acceptors (Lipinski definition) is 6. The summed E-state index contributed by atoms with van der Waals surface area (Å²) in [5.41, 5.74) is 3.28. The SMILES string of the molecule is COc1cccc(OC)c1-c1ccc(C[C@H](NC(=O)c2c(Cl)cccc2Cl)C(=O)OCc2cccnc2)cc1. The fourth-order valence-electron chi connectivity index (χ4n) is 4.06. The molecule has 1 atom stereocenters. The van der Waals surface area contributed by atoms with Gasteiger partial charge in [-0.3, -0.25) is 9.78 Å². The molecule has 4 aromatic rings. The first-order valence-corrected chi connectivity index (χ1v) is 12.8. The van der Waals surface area contributed by atoms with Gasteiger partial charge in [-0.1, -0.05) is 65.7 Å². The molecular weight excluding hydrogens is 539 g/mol. The van der Waals surface area contributed by atoms with Crippen molar-refractivity contribution in [2.75, 3.05) is 14.2 Å². The molecule has 0 aliphatic carbocycles. The van der Waals surface area contributed by atoms with Crippen LogP contribution in [0.3, 0.4) is 0 Å². The molecule has 9 heteroatoms. The zero-order valence-electron chi connectivity index (χ0n) is 21.3. The summed E-state index contributed by atoms with van der Waals surface area (Å²) in [5.74, 6) is 0.154. The van der Waals surface area contributed by atoms with E-state index < -0.39 is 17.9 Å². The zero-order valence-corrected chi connectivity index (χ0v) is 22.8. The van der Waals surface area contributed by atoms with E-state index in [1.165, 1.54) is 0 Å². The third kappa shape index (κ3) is 6.88. The maximum absolute atomic E-state index is 13.2. The molecule has 0 unspecified atom stereocenters. The minimum atomic E-state index is -1.01. The number of ether oxygens (including phenoxy) is 3. The van der Waals surface area contributed by atoms with Crippen LogP contribution < -0.4 is 14.8 Å². The average Bonchev–Trinajstić information content (AvgIpc) is 2.96. The summed E-state index contributed by atoms with van der Waals surface area (Å²) in [6.45, 7) is 0.0123. The molecule has 0 bridgehead atoms. The first-order chi connectivity index (χ1) is 18.9. The molecule has 3 aromatic carbocycles. The van der Waals surface area contributed by atoms with Crippen molar-refractivity contribution < 1.29 is 23.8 Å². The van der Waals surface area contributed by atoms with Gasteiger partial charge >= 0.3 is 5.97 Å². The predicted octanol–water partition coefficient (Wildman–Crippen LogP) is 6.16. The van der Waals surface area contributed by atoms with Crippen LogP contribution in [-0.2, 0) is 22.6 Å². The van der Waals surface area contributed by atoms with Crippen molar-refractivity contribution in [3.8, 4) is 22.6 Å². The lowest BCUT2D eigenvalue weighted by Gasteiger charge is -2.19. The maximum Gasteiger partial charge on any atom is 0.329 e. The van der Waals surface area contributed by atoms with E-state index in [9.17, 15) is 9.59 Å². The first kappa shape index (κ1) is 28.0. The molecule has 1 N–H and O–H groups in total. The van der Waals surface area contributed by atoms with Crippen molar-refractivity contribution in [2.45, 2.75) is 19.1 Å². The number of methoxy groups -OCH3 is 2. The monoisotopic (exact) mass is 564 g/mol. The Morgan fingerprint density at radius 3 is 2.08 bits per heavy atom. The van der Waals surface area contributed by atoms with Crippen molar-refractivity contribution in [1.82, 2.24) is 10.3 Å². The maximum atomic E-state index is 13.2. The van der Waals surface area contributed by atoms with Crippen LogP contribution in [0.4, 0.5) is 0 Å². The molecule has 0 aliphatic rings. The van der Waals surface area contributed by atoms with E-state index in [1.807, 2.05) is 42.5 Å². The topological polar surface area (TPSA) is 86.8 Å². The van der Waals surface area contributed by atoms with Crippen LogP contribution in [0.1, 0.15) is 21.5 Å². The average molecular weight is 565 g/mol. The Bertz CT molecular complexity index is 1400. The number of aromatic nitrogens is 1. The summed E-state index contributed by atoms with van der Waals surface area (Å²) in [5, 5.41) is 3.10. The van der Waals surface area contributed by atoms with Crippen molar-refractivity contribution in [3.63, 3.8) is 0 Å². The molecule has 0 saturated carbocycles. The Labute approximate surface area is 236 Å². The number of nitrogens with one attached hydrogen (secondary N) is 1. The largest absolute Gasteiger partial charge is 0.496 e. The first-order valence-electron chi connectivity index (χ1n) is 12.0. The molecule has 0 spiro atoms. The molecular formula is C30H26Cl2N2O5. The highest BCUT2D eigenvalue weighted by molar-refractivity contribution is 6.39. The minimum Gasteiger partial charge on any atom is -0.496 e. The molecule has 0 saturated heterocycles. The summed E-state index contributed by atoms with van der Waals surface area (Å²) in [6, 6.07) is 20.4. The van der Waals surface area contributed by atoms with Gasteiger partial charge < -0.3 is 19.5 Å². The molecule has 39 heavy (non-hydrogen) atoms. The smallest absolute Gasteiger partial charge is 0.329 e. The number of amides is 1. The van der Waals surface area contributed by atoms with Crippen LogP contribution in [-0.4, -0.2) is 37.1 Å². The molecule has 0 radical (unpaired) electrons. The Hall–Kier alpha value is -4.07. The molecule has 1 aromatic heterocycles. The highest BCUT2D eigenvalue weighted by Gasteiger charge is 2.26. The van der Waals surface area contributed by atoms with Crippen molar-refractivity contribution in [3.05, 3.63) is 112 Å². The fraction of sp³-hybridized carbons (Fsp3) is 0.167. The van der Waals surface area contributed by atoms with Crippen LogP contribution in [0.2, 0.25) is 10.0 Å². The molecule has 0 aliphatic heterocycles. The van der Waals surface area contributed by atoms with E-state index in [2.05, 4.69) is 10.3 Å². The Morgan fingerprint density at radius 1 is 0.846 bits per heavy atom. The Morgan fingerprint density at radius 2 is 1.49 bits per heavy atom.